The van der Waals surface area contributed by atoms with Crippen LogP contribution in [0.3, 0.4) is 0 Å². The van der Waals surface area contributed by atoms with Crippen LogP contribution in [0.1, 0.15) is 26.0 Å². The van der Waals surface area contributed by atoms with E-state index >= 15 is 0 Å². The monoisotopic (exact) mass is 252 g/mol. The Morgan fingerprint density at radius 2 is 1.78 bits per heavy atom. The minimum atomic E-state index is -0.508. The summed E-state index contributed by atoms with van der Waals surface area (Å²) in [5, 5.41) is 0. The van der Waals surface area contributed by atoms with Gasteiger partial charge in [0.2, 0.25) is 6.29 Å². The van der Waals surface area contributed by atoms with Gasteiger partial charge in [0.15, 0.2) is 5.82 Å². The molecule has 0 spiro atoms. The number of nitrogens with zero attached hydrogens (tertiary/aromatic N) is 4. The predicted octanol–water partition coefficient (Wildman–Crippen LogP) is 1.77. The van der Waals surface area contributed by atoms with Gasteiger partial charge in [-0.1, -0.05) is 0 Å². The molecule has 0 aromatic carbocycles. The van der Waals surface area contributed by atoms with Crippen molar-refractivity contribution in [3.05, 3.63) is 18.2 Å². The summed E-state index contributed by atoms with van der Waals surface area (Å²) in [5.74, 6) is 0.516. The standard InChI is InChI=1S/C12H20N4O2/c1-5-17-12(18-6-2)11-13-7-10(8-14-11)15-9-16(3)4/h7-9,12H,5-6H2,1-4H3. The molecular formula is C12H20N4O2. The van der Waals surface area contributed by atoms with Gasteiger partial charge in [-0.3, -0.25) is 0 Å². The van der Waals surface area contributed by atoms with E-state index in [4.69, 9.17) is 9.47 Å². The van der Waals surface area contributed by atoms with Crippen molar-refractivity contribution in [2.45, 2.75) is 20.1 Å². The first-order valence-electron chi connectivity index (χ1n) is 5.93. The molecule has 100 valence electrons. The Morgan fingerprint density at radius 3 is 2.22 bits per heavy atom. The van der Waals surface area contributed by atoms with Crippen molar-refractivity contribution >= 4 is 12.0 Å². The zero-order valence-electron chi connectivity index (χ0n) is 11.3. The Hall–Kier alpha value is -1.53. The Kier molecular flexibility index (Phi) is 6.24. The van der Waals surface area contributed by atoms with E-state index in [1.807, 2.05) is 32.8 Å². The molecular weight excluding hydrogens is 232 g/mol. The zero-order chi connectivity index (χ0) is 13.4. The average Bonchev–Trinajstić information content (AvgIpc) is 2.37. The third kappa shape index (κ3) is 4.77. The smallest absolute Gasteiger partial charge is 0.219 e. The van der Waals surface area contributed by atoms with E-state index in [-0.39, 0.29) is 0 Å². The molecule has 0 aliphatic rings. The number of ether oxygens (including phenoxy) is 2. The lowest BCUT2D eigenvalue weighted by Gasteiger charge is -2.14. The molecule has 0 amide bonds. The maximum Gasteiger partial charge on any atom is 0.219 e. The van der Waals surface area contributed by atoms with E-state index in [1.54, 1.807) is 18.7 Å². The summed E-state index contributed by atoms with van der Waals surface area (Å²) in [6.07, 6.45) is 4.48. The Bertz CT molecular complexity index is 359. The summed E-state index contributed by atoms with van der Waals surface area (Å²) in [6.45, 7) is 4.91. The fourth-order valence-electron chi connectivity index (χ4n) is 1.20. The van der Waals surface area contributed by atoms with E-state index in [1.165, 1.54) is 0 Å². The Morgan fingerprint density at radius 1 is 1.22 bits per heavy atom. The molecule has 0 unspecified atom stereocenters. The van der Waals surface area contributed by atoms with Crippen LogP contribution < -0.4 is 0 Å². The van der Waals surface area contributed by atoms with Gasteiger partial charge < -0.3 is 14.4 Å². The molecule has 0 saturated heterocycles. The molecule has 0 radical (unpaired) electrons. The van der Waals surface area contributed by atoms with Crippen molar-refractivity contribution < 1.29 is 9.47 Å². The van der Waals surface area contributed by atoms with Gasteiger partial charge in [-0.15, -0.1) is 0 Å². The summed E-state index contributed by atoms with van der Waals surface area (Å²) in [4.78, 5) is 14.4. The topological polar surface area (TPSA) is 59.8 Å². The van der Waals surface area contributed by atoms with Crippen LogP contribution in [0, 0.1) is 0 Å². The van der Waals surface area contributed by atoms with Crippen LogP contribution in [-0.2, 0) is 9.47 Å². The van der Waals surface area contributed by atoms with Crippen LogP contribution in [0.5, 0.6) is 0 Å². The normalized spacial score (nSPS) is 11.4. The number of aromatic nitrogens is 2. The van der Waals surface area contributed by atoms with Gasteiger partial charge in [-0.25, -0.2) is 15.0 Å². The molecule has 0 fully saturated rings. The molecule has 0 atom stereocenters. The first-order valence-corrected chi connectivity index (χ1v) is 5.93. The van der Waals surface area contributed by atoms with E-state index in [0.717, 1.165) is 0 Å². The zero-order valence-corrected chi connectivity index (χ0v) is 11.3. The maximum absolute atomic E-state index is 5.41. The van der Waals surface area contributed by atoms with E-state index in [0.29, 0.717) is 24.7 Å². The van der Waals surface area contributed by atoms with Crippen LogP contribution >= 0.6 is 0 Å². The quantitative estimate of drug-likeness (QED) is 0.420. The van der Waals surface area contributed by atoms with Crippen molar-refractivity contribution in [1.82, 2.24) is 14.9 Å². The van der Waals surface area contributed by atoms with E-state index in [9.17, 15) is 0 Å². The fraction of sp³-hybridized carbons (Fsp3) is 0.583. The predicted molar refractivity (Wildman–Crippen MR) is 69.9 cm³/mol. The van der Waals surface area contributed by atoms with Crippen LogP contribution in [0.15, 0.2) is 17.4 Å². The second kappa shape index (κ2) is 7.73. The minimum Gasteiger partial charge on any atom is -0.369 e. The van der Waals surface area contributed by atoms with Crippen LogP contribution in [0.25, 0.3) is 0 Å². The van der Waals surface area contributed by atoms with E-state index < -0.39 is 6.29 Å². The molecule has 1 rings (SSSR count). The summed E-state index contributed by atoms with van der Waals surface area (Å²) in [5.41, 5.74) is 0.694. The van der Waals surface area contributed by atoms with Crippen LogP contribution in [0.4, 0.5) is 5.69 Å². The first-order chi connectivity index (χ1) is 8.67. The molecule has 0 N–H and O–H groups in total. The highest BCUT2D eigenvalue weighted by molar-refractivity contribution is 5.59. The molecule has 18 heavy (non-hydrogen) atoms. The highest BCUT2D eigenvalue weighted by Gasteiger charge is 2.13. The number of rotatable bonds is 7. The van der Waals surface area contributed by atoms with Gasteiger partial charge in [0.1, 0.15) is 5.69 Å². The first kappa shape index (κ1) is 14.5. The highest BCUT2D eigenvalue weighted by atomic mass is 16.7. The third-order valence-electron chi connectivity index (χ3n) is 1.94. The highest BCUT2D eigenvalue weighted by Crippen LogP contribution is 2.16. The second-order valence-corrected chi connectivity index (χ2v) is 3.75. The van der Waals surface area contributed by atoms with Crippen LogP contribution in [0.2, 0.25) is 0 Å². The second-order valence-electron chi connectivity index (χ2n) is 3.75. The van der Waals surface area contributed by atoms with Crippen molar-refractivity contribution in [2.75, 3.05) is 27.3 Å². The maximum atomic E-state index is 5.41. The summed E-state index contributed by atoms with van der Waals surface area (Å²) < 4.78 is 10.8. The lowest BCUT2D eigenvalue weighted by atomic mass is 10.5. The van der Waals surface area contributed by atoms with Gasteiger partial charge in [0.05, 0.1) is 18.7 Å². The molecule has 0 bridgehead atoms. The molecule has 1 heterocycles. The lowest BCUT2D eigenvalue weighted by molar-refractivity contribution is -0.145. The summed E-state index contributed by atoms with van der Waals surface area (Å²) >= 11 is 0. The van der Waals surface area contributed by atoms with Gasteiger partial charge >= 0.3 is 0 Å². The number of hydrogen-bond acceptors (Lipinski definition) is 5. The molecule has 0 aliphatic heterocycles. The third-order valence-corrected chi connectivity index (χ3v) is 1.94. The largest absolute Gasteiger partial charge is 0.369 e. The molecule has 0 aliphatic carbocycles. The minimum absolute atomic E-state index is 0.508. The Labute approximate surface area is 108 Å². The molecule has 0 saturated carbocycles. The van der Waals surface area contributed by atoms with Crippen molar-refractivity contribution in [1.29, 1.82) is 0 Å². The molecule has 6 heteroatoms. The van der Waals surface area contributed by atoms with Gasteiger partial charge in [-0.05, 0) is 13.8 Å². The lowest BCUT2D eigenvalue weighted by Crippen LogP contribution is -2.12. The molecule has 1 aromatic heterocycles. The van der Waals surface area contributed by atoms with E-state index in [2.05, 4.69) is 15.0 Å². The van der Waals surface area contributed by atoms with Gasteiger partial charge in [0, 0.05) is 27.3 Å². The van der Waals surface area contributed by atoms with Crippen molar-refractivity contribution in [3.8, 4) is 0 Å². The summed E-state index contributed by atoms with van der Waals surface area (Å²) in [7, 11) is 3.80. The molecule has 1 aromatic rings. The SMILES string of the molecule is CCOC(OCC)c1ncc(N=CN(C)C)cn1. The van der Waals surface area contributed by atoms with Crippen molar-refractivity contribution in [2.24, 2.45) is 4.99 Å². The van der Waals surface area contributed by atoms with Crippen molar-refractivity contribution in [3.63, 3.8) is 0 Å². The van der Waals surface area contributed by atoms with Crippen LogP contribution in [-0.4, -0.2) is 48.5 Å². The van der Waals surface area contributed by atoms with Gasteiger partial charge in [0.25, 0.3) is 0 Å². The summed E-state index contributed by atoms with van der Waals surface area (Å²) in [6, 6.07) is 0. The number of aliphatic imine (C=N–C) groups is 1. The fourth-order valence-corrected chi connectivity index (χ4v) is 1.20. The number of hydrogen-bond donors (Lipinski definition) is 0. The Balaban J connectivity index is 2.73. The molecule has 6 nitrogen and oxygen atoms in total. The average molecular weight is 252 g/mol. The van der Waals surface area contributed by atoms with Gasteiger partial charge in [-0.2, -0.15) is 0 Å².